The Kier molecular flexibility index (Phi) is 5.89. The molecule has 0 aliphatic rings. The quantitative estimate of drug-likeness (QED) is 0.531. The lowest BCUT2D eigenvalue weighted by molar-refractivity contribution is 0.0685. The molecular weight excluding hydrogens is 382 g/mol. The minimum atomic E-state index is -3.70. The van der Waals surface area contributed by atoms with Crippen molar-refractivity contribution in [1.82, 2.24) is 4.90 Å². The first-order chi connectivity index (χ1) is 13.3. The van der Waals surface area contributed by atoms with E-state index >= 15 is 0 Å². The van der Waals surface area contributed by atoms with Crippen LogP contribution in [-0.4, -0.2) is 24.5 Å². The normalized spacial score (nSPS) is 11.5. The summed E-state index contributed by atoms with van der Waals surface area (Å²) >= 11 is 0. The second kappa shape index (κ2) is 8.35. The Bertz CT molecular complexity index is 1010. The van der Waals surface area contributed by atoms with Crippen LogP contribution in [0.15, 0.2) is 69.9 Å². The highest BCUT2D eigenvalue weighted by molar-refractivity contribution is 7.87. The number of rotatable bonds is 8. The van der Waals surface area contributed by atoms with E-state index in [-0.39, 0.29) is 30.5 Å². The lowest BCUT2D eigenvalue weighted by Crippen LogP contribution is -2.29. The monoisotopic (exact) mass is 403 g/mol. The van der Waals surface area contributed by atoms with E-state index in [1.807, 2.05) is 0 Å². The van der Waals surface area contributed by atoms with Crippen molar-refractivity contribution < 1.29 is 26.2 Å². The van der Waals surface area contributed by atoms with Crippen LogP contribution in [0.5, 0.6) is 5.75 Å². The van der Waals surface area contributed by atoms with Gasteiger partial charge in [-0.15, -0.1) is 0 Å². The van der Waals surface area contributed by atoms with Crippen LogP contribution in [0, 0.1) is 0 Å². The summed E-state index contributed by atoms with van der Waals surface area (Å²) in [5.41, 5.74) is 0.711. The molecule has 148 valence electrons. The molecule has 0 aliphatic heterocycles. The number of hydrogen-bond donors (Lipinski definition) is 0. The van der Waals surface area contributed by atoms with Crippen LogP contribution in [0.2, 0.25) is 0 Å². The van der Waals surface area contributed by atoms with Gasteiger partial charge in [-0.05, 0) is 55.8 Å². The molecule has 0 aliphatic carbocycles. The predicted octanol–water partition coefficient (Wildman–Crippen LogP) is 3.83. The maximum atomic E-state index is 12.8. The molecule has 3 aromatic rings. The molecule has 0 bridgehead atoms. The SMILES string of the molecule is CC(C)S(=O)(=O)Oc1cccc(CN(Cc2ccco2)C(=O)c2ccco2)c1. The van der Waals surface area contributed by atoms with E-state index in [4.69, 9.17) is 13.0 Å². The Hall–Kier alpha value is -3.00. The van der Waals surface area contributed by atoms with Crippen molar-refractivity contribution in [3.05, 3.63) is 78.1 Å². The van der Waals surface area contributed by atoms with Gasteiger partial charge in [-0.1, -0.05) is 12.1 Å². The average molecular weight is 403 g/mol. The van der Waals surface area contributed by atoms with Crippen LogP contribution in [0.4, 0.5) is 0 Å². The van der Waals surface area contributed by atoms with Crippen LogP contribution in [0.25, 0.3) is 0 Å². The first kappa shape index (κ1) is 19.8. The second-order valence-corrected chi connectivity index (χ2v) is 8.59. The van der Waals surface area contributed by atoms with Gasteiger partial charge in [-0.2, -0.15) is 8.42 Å². The van der Waals surface area contributed by atoms with Gasteiger partial charge in [-0.25, -0.2) is 0 Å². The fourth-order valence-corrected chi connectivity index (χ4v) is 3.06. The number of carbonyl (C=O) groups is 1. The molecule has 2 aromatic heterocycles. The highest BCUT2D eigenvalue weighted by Gasteiger charge is 2.21. The standard InChI is InChI=1S/C20H21NO6S/c1-15(2)28(23,24)27-17-7-3-6-16(12-17)13-21(14-18-8-4-10-25-18)20(22)19-9-5-11-26-19/h3-12,15H,13-14H2,1-2H3. The van der Waals surface area contributed by atoms with Crippen molar-refractivity contribution in [1.29, 1.82) is 0 Å². The number of nitrogens with zero attached hydrogens (tertiary/aromatic N) is 1. The molecule has 0 atom stereocenters. The van der Waals surface area contributed by atoms with Crippen molar-refractivity contribution >= 4 is 16.0 Å². The van der Waals surface area contributed by atoms with Crippen LogP contribution in [-0.2, 0) is 23.2 Å². The number of carbonyl (C=O) groups excluding carboxylic acids is 1. The Labute approximate surface area is 163 Å². The van der Waals surface area contributed by atoms with Gasteiger partial charge in [0.15, 0.2) is 5.76 Å². The first-order valence-electron chi connectivity index (χ1n) is 8.72. The van der Waals surface area contributed by atoms with Crippen LogP contribution in [0.3, 0.4) is 0 Å². The summed E-state index contributed by atoms with van der Waals surface area (Å²) in [6.45, 7) is 3.56. The maximum absolute atomic E-state index is 12.8. The van der Waals surface area contributed by atoms with E-state index in [1.165, 1.54) is 12.5 Å². The highest BCUT2D eigenvalue weighted by atomic mass is 32.2. The molecule has 0 fully saturated rings. The largest absolute Gasteiger partial charge is 0.467 e. The summed E-state index contributed by atoms with van der Waals surface area (Å²) in [5.74, 6) is 0.730. The molecule has 1 amide bonds. The molecule has 0 saturated heterocycles. The van der Waals surface area contributed by atoms with Gasteiger partial charge in [0, 0.05) is 6.54 Å². The van der Waals surface area contributed by atoms with Crippen LogP contribution in [0.1, 0.15) is 35.7 Å². The summed E-state index contributed by atoms with van der Waals surface area (Å²) < 4.78 is 39.7. The fraction of sp³-hybridized carbons (Fsp3) is 0.250. The molecule has 0 radical (unpaired) electrons. The molecule has 8 heteroatoms. The molecule has 2 heterocycles. The highest BCUT2D eigenvalue weighted by Crippen LogP contribution is 2.20. The third-order valence-corrected chi connectivity index (χ3v) is 5.59. The van der Waals surface area contributed by atoms with Crippen molar-refractivity contribution in [2.24, 2.45) is 0 Å². The van der Waals surface area contributed by atoms with E-state index in [0.717, 1.165) is 0 Å². The first-order valence-corrected chi connectivity index (χ1v) is 10.2. The van der Waals surface area contributed by atoms with Gasteiger partial charge < -0.3 is 17.9 Å². The Morgan fingerprint density at radius 1 is 1.04 bits per heavy atom. The van der Waals surface area contributed by atoms with E-state index < -0.39 is 15.4 Å². The molecule has 1 aromatic carbocycles. The molecule has 0 saturated carbocycles. The fourth-order valence-electron chi connectivity index (χ4n) is 2.49. The average Bonchev–Trinajstić information content (AvgIpc) is 3.34. The Balaban J connectivity index is 1.82. The third-order valence-electron chi connectivity index (χ3n) is 4.01. The zero-order valence-electron chi connectivity index (χ0n) is 15.6. The van der Waals surface area contributed by atoms with Crippen LogP contribution < -0.4 is 4.18 Å². The summed E-state index contributed by atoms with van der Waals surface area (Å²) in [6, 6.07) is 13.4. The number of hydrogen-bond acceptors (Lipinski definition) is 6. The van der Waals surface area contributed by atoms with Crippen LogP contribution >= 0.6 is 0 Å². The summed E-state index contributed by atoms with van der Waals surface area (Å²) in [4.78, 5) is 14.4. The third kappa shape index (κ3) is 4.83. The van der Waals surface area contributed by atoms with Gasteiger partial charge in [-0.3, -0.25) is 4.79 Å². The van der Waals surface area contributed by atoms with E-state index in [1.54, 1.807) is 67.3 Å². The molecule has 7 nitrogen and oxygen atoms in total. The lowest BCUT2D eigenvalue weighted by Gasteiger charge is -2.21. The van der Waals surface area contributed by atoms with E-state index in [2.05, 4.69) is 0 Å². The Morgan fingerprint density at radius 3 is 2.43 bits per heavy atom. The number of furan rings is 2. The van der Waals surface area contributed by atoms with E-state index in [9.17, 15) is 13.2 Å². The summed E-state index contributed by atoms with van der Waals surface area (Å²) in [7, 11) is -3.70. The zero-order chi connectivity index (χ0) is 20.1. The molecule has 0 spiro atoms. The van der Waals surface area contributed by atoms with E-state index in [0.29, 0.717) is 11.3 Å². The minimum Gasteiger partial charge on any atom is -0.467 e. The summed E-state index contributed by atoms with van der Waals surface area (Å²) in [5, 5.41) is -0.660. The van der Waals surface area contributed by atoms with Gasteiger partial charge in [0.2, 0.25) is 0 Å². The number of amides is 1. The second-order valence-electron chi connectivity index (χ2n) is 6.49. The molecule has 3 rings (SSSR count). The van der Waals surface area contributed by atoms with Gasteiger partial charge in [0.1, 0.15) is 11.5 Å². The molecule has 28 heavy (non-hydrogen) atoms. The van der Waals surface area contributed by atoms with Crippen molar-refractivity contribution in [2.75, 3.05) is 0 Å². The number of benzene rings is 1. The maximum Gasteiger partial charge on any atom is 0.311 e. The Morgan fingerprint density at radius 2 is 1.79 bits per heavy atom. The smallest absolute Gasteiger partial charge is 0.311 e. The summed E-state index contributed by atoms with van der Waals surface area (Å²) in [6.07, 6.45) is 2.97. The minimum absolute atomic E-state index is 0.203. The lowest BCUT2D eigenvalue weighted by atomic mass is 10.2. The van der Waals surface area contributed by atoms with Gasteiger partial charge >= 0.3 is 10.1 Å². The topological polar surface area (TPSA) is 90.0 Å². The van der Waals surface area contributed by atoms with Gasteiger partial charge in [0.05, 0.1) is 24.3 Å². The van der Waals surface area contributed by atoms with Crippen molar-refractivity contribution in [2.45, 2.75) is 32.2 Å². The predicted molar refractivity (Wildman–Crippen MR) is 102 cm³/mol. The molecule has 0 unspecified atom stereocenters. The molecular formula is C20H21NO6S. The van der Waals surface area contributed by atoms with Crippen molar-refractivity contribution in [3.63, 3.8) is 0 Å². The van der Waals surface area contributed by atoms with Crippen molar-refractivity contribution in [3.8, 4) is 5.75 Å². The molecule has 0 N–H and O–H groups in total. The van der Waals surface area contributed by atoms with Gasteiger partial charge in [0.25, 0.3) is 5.91 Å². The zero-order valence-corrected chi connectivity index (χ0v) is 16.4.